The molecule has 0 atom stereocenters. The summed E-state index contributed by atoms with van der Waals surface area (Å²) in [6, 6.07) is 6.64. The molecule has 3 nitrogen and oxygen atoms in total. The van der Waals surface area contributed by atoms with E-state index in [0.717, 1.165) is 26.2 Å². The molecule has 1 rings (SSSR count). The van der Waals surface area contributed by atoms with Crippen LogP contribution in [0.25, 0.3) is 0 Å². The highest BCUT2D eigenvalue weighted by Gasteiger charge is 2.07. The highest BCUT2D eigenvalue weighted by atomic mass is 16.5. The normalized spacial score (nSPS) is 10.7. The van der Waals surface area contributed by atoms with E-state index in [2.05, 4.69) is 49.3 Å². The van der Waals surface area contributed by atoms with Gasteiger partial charge >= 0.3 is 0 Å². The number of methoxy groups -OCH3 is 1. The van der Waals surface area contributed by atoms with Crippen molar-refractivity contribution in [2.75, 3.05) is 38.8 Å². The van der Waals surface area contributed by atoms with Gasteiger partial charge in [-0.3, -0.25) is 0 Å². The summed E-state index contributed by atoms with van der Waals surface area (Å²) in [4.78, 5) is 2.26. The minimum Gasteiger partial charge on any atom is -0.383 e. The molecule has 0 saturated heterocycles. The van der Waals surface area contributed by atoms with Gasteiger partial charge < -0.3 is 15.0 Å². The molecular formula is C15H26N2O. The van der Waals surface area contributed by atoms with Gasteiger partial charge in [0.05, 0.1) is 6.61 Å². The van der Waals surface area contributed by atoms with Crippen LogP contribution < -0.4 is 10.2 Å². The van der Waals surface area contributed by atoms with Crippen molar-refractivity contribution in [2.45, 2.75) is 26.8 Å². The number of hydrogen-bond acceptors (Lipinski definition) is 3. The van der Waals surface area contributed by atoms with Crippen molar-refractivity contribution in [1.82, 2.24) is 5.32 Å². The summed E-state index contributed by atoms with van der Waals surface area (Å²) in [7, 11) is 3.86. The molecule has 18 heavy (non-hydrogen) atoms. The molecule has 1 aromatic carbocycles. The number of rotatable bonds is 8. The molecule has 0 saturated carbocycles. The number of ether oxygens (including phenoxy) is 1. The second-order valence-electron chi connectivity index (χ2n) is 4.72. The lowest BCUT2D eigenvalue weighted by Gasteiger charge is -2.23. The molecule has 1 aromatic rings. The van der Waals surface area contributed by atoms with E-state index in [1.807, 2.05) is 0 Å². The Morgan fingerprint density at radius 3 is 2.78 bits per heavy atom. The van der Waals surface area contributed by atoms with Crippen LogP contribution in [0, 0.1) is 6.92 Å². The van der Waals surface area contributed by atoms with E-state index >= 15 is 0 Å². The number of hydrogen-bond donors (Lipinski definition) is 1. The summed E-state index contributed by atoms with van der Waals surface area (Å²) >= 11 is 0. The Bertz CT molecular complexity index is 352. The van der Waals surface area contributed by atoms with Gasteiger partial charge in [0, 0.05) is 32.9 Å². The van der Waals surface area contributed by atoms with Gasteiger partial charge in [0.1, 0.15) is 0 Å². The van der Waals surface area contributed by atoms with Gasteiger partial charge in [0.15, 0.2) is 0 Å². The topological polar surface area (TPSA) is 24.5 Å². The van der Waals surface area contributed by atoms with Gasteiger partial charge in [-0.15, -0.1) is 0 Å². The van der Waals surface area contributed by atoms with Crippen molar-refractivity contribution >= 4 is 5.69 Å². The Morgan fingerprint density at radius 1 is 1.33 bits per heavy atom. The van der Waals surface area contributed by atoms with Crippen molar-refractivity contribution in [3.8, 4) is 0 Å². The fourth-order valence-corrected chi connectivity index (χ4v) is 1.98. The monoisotopic (exact) mass is 250 g/mol. The second-order valence-corrected chi connectivity index (χ2v) is 4.72. The van der Waals surface area contributed by atoms with Gasteiger partial charge in [-0.2, -0.15) is 0 Å². The van der Waals surface area contributed by atoms with Gasteiger partial charge in [-0.1, -0.05) is 24.6 Å². The summed E-state index contributed by atoms with van der Waals surface area (Å²) in [5.41, 5.74) is 3.97. The SMILES string of the molecule is CCCNCc1cc(C)ccc1N(C)CCOC. The Hall–Kier alpha value is -1.06. The zero-order valence-corrected chi connectivity index (χ0v) is 12.1. The molecule has 0 aliphatic rings. The molecule has 0 fully saturated rings. The fourth-order valence-electron chi connectivity index (χ4n) is 1.98. The van der Waals surface area contributed by atoms with Crippen molar-refractivity contribution in [2.24, 2.45) is 0 Å². The molecule has 0 heterocycles. The maximum Gasteiger partial charge on any atom is 0.0637 e. The van der Waals surface area contributed by atoms with Crippen molar-refractivity contribution < 1.29 is 4.74 Å². The zero-order chi connectivity index (χ0) is 13.4. The molecule has 0 aliphatic carbocycles. The van der Waals surface area contributed by atoms with Crippen molar-refractivity contribution in [3.63, 3.8) is 0 Å². The molecule has 0 bridgehead atoms. The van der Waals surface area contributed by atoms with E-state index in [-0.39, 0.29) is 0 Å². The van der Waals surface area contributed by atoms with Crippen LogP contribution in [0.2, 0.25) is 0 Å². The highest BCUT2D eigenvalue weighted by molar-refractivity contribution is 5.54. The smallest absolute Gasteiger partial charge is 0.0637 e. The van der Waals surface area contributed by atoms with E-state index in [0.29, 0.717) is 0 Å². The maximum absolute atomic E-state index is 5.14. The lowest BCUT2D eigenvalue weighted by Crippen LogP contribution is -2.24. The third-order valence-corrected chi connectivity index (χ3v) is 3.02. The van der Waals surface area contributed by atoms with Gasteiger partial charge in [-0.25, -0.2) is 0 Å². The first-order valence-corrected chi connectivity index (χ1v) is 6.69. The van der Waals surface area contributed by atoms with Crippen LogP contribution in [0.1, 0.15) is 24.5 Å². The molecule has 102 valence electrons. The Labute approximate surface area is 111 Å². The summed E-state index contributed by atoms with van der Waals surface area (Å²) in [5, 5.41) is 3.47. The van der Waals surface area contributed by atoms with E-state index in [4.69, 9.17) is 4.74 Å². The minimum absolute atomic E-state index is 0.756. The minimum atomic E-state index is 0.756. The summed E-state index contributed by atoms with van der Waals surface area (Å²) < 4.78 is 5.14. The lowest BCUT2D eigenvalue weighted by molar-refractivity contribution is 0.206. The number of nitrogens with zero attached hydrogens (tertiary/aromatic N) is 1. The quantitative estimate of drug-likeness (QED) is 0.718. The zero-order valence-electron chi connectivity index (χ0n) is 12.1. The van der Waals surface area contributed by atoms with Gasteiger partial charge in [-0.05, 0) is 31.5 Å². The first-order valence-electron chi connectivity index (χ1n) is 6.69. The Morgan fingerprint density at radius 2 is 2.11 bits per heavy atom. The van der Waals surface area contributed by atoms with E-state index < -0.39 is 0 Å². The molecule has 3 heteroatoms. The van der Waals surface area contributed by atoms with Crippen LogP contribution >= 0.6 is 0 Å². The van der Waals surface area contributed by atoms with Crippen LogP contribution in [0.4, 0.5) is 5.69 Å². The summed E-state index contributed by atoms with van der Waals surface area (Å²) in [6.45, 7) is 8.00. The predicted octanol–water partition coefficient (Wildman–Crippen LogP) is 2.58. The third-order valence-electron chi connectivity index (χ3n) is 3.02. The molecule has 0 spiro atoms. The van der Waals surface area contributed by atoms with Crippen LogP contribution in [-0.4, -0.2) is 33.9 Å². The lowest BCUT2D eigenvalue weighted by atomic mass is 10.1. The molecule has 0 aromatic heterocycles. The average molecular weight is 250 g/mol. The second kappa shape index (κ2) is 8.11. The third kappa shape index (κ3) is 4.67. The molecule has 1 N–H and O–H groups in total. The molecular weight excluding hydrogens is 224 g/mol. The first kappa shape index (κ1) is 15.0. The summed E-state index contributed by atoms with van der Waals surface area (Å²) in [6.07, 6.45) is 1.17. The number of nitrogens with one attached hydrogen (secondary N) is 1. The van der Waals surface area contributed by atoms with Gasteiger partial charge in [0.25, 0.3) is 0 Å². The number of benzene rings is 1. The summed E-state index contributed by atoms with van der Waals surface area (Å²) in [5.74, 6) is 0. The van der Waals surface area contributed by atoms with E-state index in [1.54, 1.807) is 7.11 Å². The van der Waals surface area contributed by atoms with Crippen molar-refractivity contribution in [1.29, 1.82) is 0 Å². The maximum atomic E-state index is 5.14. The van der Waals surface area contributed by atoms with E-state index in [9.17, 15) is 0 Å². The number of aryl methyl sites for hydroxylation is 1. The Kier molecular flexibility index (Phi) is 6.76. The molecule has 0 amide bonds. The predicted molar refractivity (Wildman–Crippen MR) is 78.3 cm³/mol. The number of likely N-dealkylation sites (N-methyl/N-ethyl adjacent to an activating group) is 1. The number of anilines is 1. The molecule has 0 unspecified atom stereocenters. The largest absolute Gasteiger partial charge is 0.383 e. The van der Waals surface area contributed by atoms with E-state index in [1.165, 1.54) is 23.2 Å². The average Bonchev–Trinajstić information content (AvgIpc) is 2.36. The Balaban J connectivity index is 2.74. The van der Waals surface area contributed by atoms with Gasteiger partial charge in [0.2, 0.25) is 0 Å². The molecule has 0 aliphatic heterocycles. The first-order chi connectivity index (χ1) is 8.69. The molecule has 0 radical (unpaired) electrons. The van der Waals surface area contributed by atoms with Crippen LogP contribution in [0.3, 0.4) is 0 Å². The highest BCUT2D eigenvalue weighted by Crippen LogP contribution is 2.20. The standard InChI is InChI=1S/C15H26N2O/c1-5-8-16-12-14-11-13(2)6-7-15(14)17(3)9-10-18-4/h6-7,11,16H,5,8-10,12H2,1-4H3. The van der Waals surface area contributed by atoms with Crippen molar-refractivity contribution in [3.05, 3.63) is 29.3 Å². The van der Waals surface area contributed by atoms with Crippen LogP contribution in [-0.2, 0) is 11.3 Å². The van der Waals surface area contributed by atoms with Crippen LogP contribution in [0.15, 0.2) is 18.2 Å². The fraction of sp³-hybridized carbons (Fsp3) is 0.600. The van der Waals surface area contributed by atoms with Crippen LogP contribution in [0.5, 0.6) is 0 Å².